The Balaban J connectivity index is 2.11. The number of nitrogens with two attached hydrogens (primary N) is 1. The number of hydrogen-bond acceptors (Lipinski definition) is 4. The third-order valence-corrected chi connectivity index (χ3v) is 5.16. The van der Waals surface area contributed by atoms with Gasteiger partial charge in [0.1, 0.15) is 5.82 Å². The smallest absolute Gasteiger partial charge is 0.225 e. The van der Waals surface area contributed by atoms with Crippen LogP contribution in [0.2, 0.25) is 0 Å². The van der Waals surface area contributed by atoms with E-state index in [4.69, 9.17) is 10.5 Å². The molecule has 1 amide bonds. The maximum absolute atomic E-state index is 13.4. The van der Waals surface area contributed by atoms with Gasteiger partial charge in [0.25, 0.3) is 0 Å². The van der Waals surface area contributed by atoms with E-state index in [1.165, 1.54) is 12.1 Å². The zero-order valence-electron chi connectivity index (χ0n) is 14.9. The Labute approximate surface area is 152 Å². The summed E-state index contributed by atoms with van der Waals surface area (Å²) < 4.78 is 18.6. The highest BCUT2D eigenvalue weighted by Gasteiger charge is 2.21. The van der Waals surface area contributed by atoms with Crippen LogP contribution in [0, 0.1) is 5.82 Å². The first-order valence-corrected chi connectivity index (χ1v) is 9.13. The molecule has 0 aliphatic heterocycles. The van der Waals surface area contributed by atoms with Crippen molar-refractivity contribution in [3.63, 3.8) is 0 Å². The van der Waals surface area contributed by atoms with Crippen LogP contribution in [0.25, 0.3) is 10.4 Å². The Morgan fingerprint density at radius 2 is 2.08 bits per heavy atom. The maximum Gasteiger partial charge on any atom is 0.225 e. The summed E-state index contributed by atoms with van der Waals surface area (Å²) >= 11 is 1.57. The molecular weight excluding hydrogens is 339 g/mol. The Morgan fingerprint density at radius 1 is 1.32 bits per heavy atom. The van der Waals surface area contributed by atoms with E-state index in [2.05, 4.69) is 0 Å². The first kappa shape index (κ1) is 19.6. The van der Waals surface area contributed by atoms with Gasteiger partial charge in [-0.25, -0.2) is 4.39 Å². The first-order chi connectivity index (χ1) is 11.9. The Bertz CT molecular complexity index is 698. The Kier molecular flexibility index (Phi) is 7.11. The summed E-state index contributed by atoms with van der Waals surface area (Å²) in [5.74, 6) is -0.230. The van der Waals surface area contributed by atoms with Crippen molar-refractivity contribution in [2.45, 2.75) is 39.0 Å². The number of thiophene rings is 1. The van der Waals surface area contributed by atoms with E-state index in [1.54, 1.807) is 24.5 Å². The van der Waals surface area contributed by atoms with Crippen LogP contribution in [0.1, 0.15) is 25.1 Å². The molecule has 0 radical (unpaired) electrons. The molecule has 0 saturated heterocycles. The molecule has 2 aromatic rings. The van der Waals surface area contributed by atoms with E-state index in [0.29, 0.717) is 13.1 Å². The summed E-state index contributed by atoms with van der Waals surface area (Å²) in [5, 5.41) is 0. The topological polar surface area (TPSA) is 55.6 Å². The first-order valence-electron chi connectivity index (χ1n) is 8.31. The lowest BCUT2D eigenvalue weighted by atomic mass is 10.2. The molecule has 2 rings (SSSR count). The monoisotopic (exact) mass is 364 g/mol. The zero-order chi connectivity index (χ0) is 18.4. The number of carbonyl (C=O) groups excluding carboxylic acids is 1. The van der Waals surface area contributed by atoms with E-state index in [9.17, 15) is 9.18 Å². The fourth-order valence-electron chi connectivity index (χ4n) is 2.56. The molecule has 25 heavy (non-hydrogen) atoms. The van der Waals surface area contributed by atoms with E-state index in [-0.39, 0.29) is 30.3 Å². The second kappa shape index (κ2) is 9.08. The van der Waals surface area contributed by atoms with Crippen LogP contribution in [0.4, 0.5) is 4.39 Å². The van der Waals surface area contributed by atoms with Crippen LogP contribution in [-0.2, 0) is 16.1 Å². The number of benzene rings is 1. The van der Waals surface area contributed by atoms with E-state index >= 15 is 0 Å². The molecule has 136 valence electrons. The number of rotatable bonds is 8. The zero-order valence-corrected chi connectivity index (χ0v) is 15.7. The number of nitrogens with zero attached hydrogens (tertiary/aromatic N) is 1. The molecule has 0 saturated carbocycles. The van der Waals surface area contributed by atoms with Crippen molar-refractivity contribution in [1.82, 2.24) is 4.90 Å². The number of halogens is 1. The van der Waals surface area contributed by atoms with Gasteiger partial charge in [-0.3, -0.25) is 4.79 Å². The van der Waals surface area contributed by atoms with Gasteiger partial charge in [0.05, 0.1) is 19.1 Å². The standard InChI is InChI=1S/C19H25FN2O2S/c1-13(2)22(19(23)10-16(11-21)24-3)12-17-7-8-18(25-17)14-5-4-6-15(20)9-14/h4-9,13,16H,10-12,21H2,1-3H3. The number of amides is 1. The van der Waals surface area contributed by atoms with Crippen molar-refractivity contribution in [3.8, 4) is 10.4 Å². The third-order valence-electron chi connectivity index (χ3n) is 4.04. The van der Waals surface area contributed by atoms with Gasteiger partial charge in [0.2, 0.25) is 5.91 Å². The SMILES string of the molecule is COC(CN)CC(=O)N(Cc1ccc(-c2cccc(F)c2)s1)C(C)C. The summed E-state index contributed by atoms with van der Waals surface area (Å²) in [5.41, 5.74) is 6.46. The average Bonchev–Trinajstić information content (AvgIpc) is 3.05. The maximum atomic E-state index is 13.4. The molecule has 1 heterocycles. The van der Waals surface area contributed by atoms with Crippen molar-refractivity contribution in [1.29, 1.82) is 0 Å². The van der Waals surface area contributed by atoms with E-state index in [0.717, 1.165) is 15.3 Å². The average molecular weight is 364 g/mol. The van der Waals surface area contributed by atoms with Crippen LogP contribution in [0.3, 0.4) is 0 Å². The summed E-state index contributed by atoms with van der Waals surface area (Å²) in [4.78, 5) is 16.5. The summed E-state index contributed by atoms with van der Waals surface area (Å²) in [6.07, 6.45) is 0.00720. The quantitative estimate of drug-likeness (QED) is 0.778. The minimum Gasteiger partial charge on any atom is -0.380 e. The summed E-state index contributed by atoms with van der Waals surface area (Å²) in [6, 6.07) is 10.6. The van der Waals surface area contributed by atoms with Crippen molar-refractivity contribution in [2.24, 2.45) is 5.73 Å². The number of methoxy groups -OCH3 is 1. The minimum atomic E-state index is -0.264. The van der Waals surface area contributed by atoms with Crippen LogP contribution < -0.4 is 5.73 Å². The van der Waals surface area contributed by atoms with Gasteiger partial charge < -0.3 is 15.4 Å². The molecule has 1 unspecified atom stereocenters. The van der Waals surface area contributed by atoms with Crippen LogP contribution in [0.15, 0.2) is 36.4 Å². The number of hydrogen-bond donors (Lipinski definition) is 1. The van der Waals surface area contributed by atoms with Crippen molar-refractivity contribution in [2.75, 3.05) is 13.7 Å². The van der Waals surface area contributed by atoms with Crippen LogP contribution in [0.5, 0.6) is 0 Å². The Morgan fingerprint density at radius 3 is 2.68 bits per heavy atom. The third kappa shape index (κ3) is 5.36. The highest BCUT2D eigenvalue weighted by atomic mass is 32.1. The summed E-state index contributed by atoms with van der Waals surface area (Å²) in [6.45, 7) is 4.82. The van der Waals surface area contributed by atoms with Crippen LogP contribution >= 0.6 is 11.3 Å². The van der Waals surface area contributed by atoms with Crippen LogP contribution in [-0.4, -0.2) is 36.6 Å². The molecule has 0 aliphatic carbocycles. The molecule has 0 spiro atoms. The highest BCUT2D eigenvalue weighted by Crippen LogP contribution is 2.29. The highest BCUT2D eigenvalue weighted by molar-refractivity contribution is 7.15. The lowest BCUT2D eigenvalue weighted by Crippen LogP contribution is -2.39. The molecule has 2 N–H and O–H groups in total. The minimum absolute atomic E-state index is 0.0213. The van der Waals surface area contributed by atoms with Gasteiger partial charge in [-0.05, 0) is 43.7 Å². The molecule has 0 aliphatic rings. The van der Waals surface area contributed by atoms with Gasteiger partial charge >= 0.3 is 0 Å². The van der Waals surface area contributed by atoms with Gasteiger partial charge in [0.15, 0.2) is 0 Å². The van der Waals surface area contributed by atoms with E-state index in [1.807, 2.05) is 36.9 Å². The Hall–Kier alpha value is -1.76. The lowest BCUT2D eigenvalue weighted by molar-refractivity contribution is -0.136. The largest absolute Gasteiger partial charge is 0.380 e. The summed E-state index contributed by atoms with van der Waals surface area (Å²) in [7, 11) is 1.56. The molecule has 1 aromatic heterocycles. The lowest BCUT2D eigenvalue weighted by Gasteiger charge is -2.27. The molecule has 0 fully saturated rings. The molecule has 1 atom stereocenters. The second-order valence-electron chi connectivity index (χ2n) is 6.19. The predicted molar refractivity (Wildman–Crippen MR) is 99.9 cm³/mol. The second-order valence-corrected chi connectivity index (χ2v) is 7.36. The van der Waals surface area contributed by atoms with Gasteiger partial charge in [-0.1, -0.05) is 12.1 Å². The molecule has 0 bridgehead atoms. The number of carbonyl (C=O) groups is 1. The molecule has 4 nitrogen and oxygen atoms in total. The fraction of sp³-hybridized carbons (Fsp3) is 0.421. The molecular formula is C19H25FN2O2S. The van der Waals surface area contributed by atoms with Crippen molar-refractivity contribution in [3.05, 3.63) is 47.1 Å². The molecule has 1 aromatic carbocycles. The van der Waals surface area contributed by atoms with Gasteiger partial charge in [-0.15, -0.1) is 11.3 Å². The predicted octanol–water partition coefficient (Wildman–Crippen LogP) is 3.66. The van der Waals surface area contributed by atoms with E-state index < -0.39 is 0 Å². The fourth-order valence-corrected chi connectivity index (χ4v) is 3.56. The normalized spacial score (nSPS) is 12.4. The molecule has 6 heteroatoms. The van der Waals surface area contributed by atoms with Crippen molar-refractivity contribution < 1.29 is 13.9 Å². The number of ether oxygens (including phenoxy) is 1. The van der Waals surface area contributed by atoms with Gasteiger partial charge in [0, 0.05) is 29.5 Å². The van der Waals surface area contributed by atoms with Crippen molar-refractivity contribution >= 4 is 17.2 Å². The van der Waals surface area contributed by atoms with Gasteiger partial charge in [-0.2, -0.15) is 0 Å².